The third-order valence-corrected chi connectivity index (χ3v) is 11.4. The minimum absolute atomic E-state index is 0.0369. The van der Waals surface area contributed by atoms with Gasteiger partial charge < -0.3 is 9.16 Å². The highest BCUT2D eigenvalue weighted by molar-refractivity contribution is 9.10. The van der Waals surface area contributed by atoms with Gasteiger partial charge in [0.2, 0.25) is 0 Å². The molecule has 2 heterocycles. The molecule has 0 spiro atoms. The van der Waals surface area contributed by atoms with Crippen molar-refractivity contribution in [3.05, 3.63) is 22.4 Å². The summed E-state index contributed by atoms with van der Waals surface area (Å²) < 4.78 is 13.1. The van der Waals surface area contributed by atoms with Crippen LogP contribution in [-0.4, -0.2) is 42.5 Å². The van der Waals surface area contributed by atoms with Crippen molar-refractivity contribution in [1.82, 2.24) is 9.88 Å². The maximum atomic E-state index is 13.0. The number of rotatable bonds is 3. The van der Waals surface area contributed by atoms with Crippen molar-refractivity contribution < 1.29 is 14.0 Å². The molecule has 0 unspecified atom stereocenters. The Labute approximate surface area is 184 Å². The van der Waals surface area contributed by atoms with Crippen molar-refractivity contribution >= 4 is 43.0 Å². The smallest absolute Gasteiger partial charge is 0.410 e. The van der Waals surface area contributed by atoms with Gasteiger partial charge in [0.05, 0.1) is 12.1 Å². The molecule has 1 fully saturated rings. The molecule has 0 N–H and O–H groups in total. The quantitative estimate of drug-likeness (QED) is 0.406. The maximum Gasteiger partial charge on any atom is 0.410 e. The molecule has 5 nitrogen and oxygen atoms in total. The van der Waals surface area contributed by atoms with E-state index in [2.05, 4.69) is 67.4 Å². The van der Waals surface area contributed by atoms with Gasteiger partial charge in [-0.3, -0.25) is 9.88 Å². The fourth-order valence-electron chi connectivity index (χ4n) is 2.98. The lowest BCUT2D eigenvalue weighted by atomic mass is 10.1. The van der Waals surface area contributed by atoms with Crippen LogP contribution in [0, 0.1) is 0 Å². The van der Waals surface area contributed by atoms with Gasteiger partial charge in [-0.25, -0.2) is 4.79 Å². The van der Waals surface area contributed by atoms with Crippen LogP contribution in [0.2, 0.25) is 18.1 Å². The normalized spacial score (nSPS) is 21.1. The van der Waals surface area contributed by atoms with E-state index in [1.165, 1.54) is 0 Å². The minimum atomic E-state index is -1.96. The first kappa shape index (κ1) is 23.7. The van der Waals surface area contributed by atoms with E-state index in [1.807, 2.05) is 20.8 Å². The number of ether oxygens (including phenoxy) is 1. The Hall–Kier alpha value is -0.573. The van der Waals surface area contributed by atoms with E-state index in [9.17, 15) is 4.79 Å². The molecule has 2 atom stereocenters. The van der Waals surface area contributed by atoms with Crippen LogP contribution >= 0.6 is 28.6 Å². The SMILES string of the molecule is CC(C)(C)OC(=O)N1C[C@H](O[Si](C)(C)C(C)(C)C)C[C@H]1c1cncc(Br)c1S. The standard InChI is InChI=1S/C20H33BrN2O3SSi/c1-19(2,3)25-18(24)23-12-13(26-28(7,8)20(4,5)6)9-16(23)14-10-22-11-15(21)17(14)27/h10-11,13,16H,9,12H2,1-8H3,(H,22,27)/t13-,16+/m1/s1. The Kier molecular flexibility index (Phi) is 7.01. The summed E-state index contributed by atoms with van der Waals surface area (Å²) in [5.41, 5.74) is 0.351. The molecule has 1 aliphatic heterocycles. The highest BCUT2D eigenvalue weighted by Crippen LogP contribution is 2.43. The Bertz CT molecular complexity index is 731. The predicted molar refractivity (Wildman–Crippen MR) is 122 cm³/mol. The molecular formula is C20H33BrN2O3SSi. The molecule has 0 bridgehead atoms. The van der Waals surface area contributed by atoms with Crippen molar-refractivity contribution in [2.24, 2.45) is 0 Å². The highest BCUT2D eigenvalue weighted by atomic mass is 79.9. The van der Waals surface area contributed by atoms with Crippen LogP contribution < -0.4 is 0 Å². The predicted octanol–water partition coefficient (Wildman–Crippen LogP) is 6.21. The summed E-state index contributed by atoms with van der Waals surface area (Å²) >= 11 is 8.14. The summed E-state index contributed by atoms with van der Waals surface area (Å²) in [5, 5.41) is 0.105. The second kappa shape index (κ2) is 8.28. The molecule has 0 aliphatic carbocycles. The zero-order chi connectivity index (χ0) is 21.5. The highest BCUT2D eigenvalue weighted by Gasteiger charge is 2.45. The Morgan fingerprint density at radius 1 is 1.25 bits per heavy atom. The van der Waals surface area contributed by atoms with E-state index in [0.717, 1.165) is 14.9 Å². The topological polar surface area (TPSA) is 51.7 Å². The minimum Gasteiger partial charge on any atom is -0.444 e. The van der Waals surface area contributed by atoms with E-state index >= 15 is 0 Å². The number of hydrogen-bond donors (Lipinski definition) is 1. The first-order valence-electron chi connectivity index (χ1n) is 9.62. The molecule has 1 saturated heterocycles. The lowest BCUT2D eigenvalue weighted by molar-refractivity contribution is 0.0207. The second-order valence-corrected chi connectivity index (χ2v) is 16.0. The Balaban J connectivity index is 2.34. The third kappa shape index (κ3) is 5.52. The number of pyridine rings is 1. The van der Waals surface area contributed by atoms with Crippen molar-refractivity contribution in [3.63, 3.8) is 0 Å². The van der Waals surface area contributed by atoms with E-state index in [0.29, 0.717) is 13.0 Å². The van der Waals surface area contributed by atoms with Crippen LogP contribution in [-0.2, 0) is 9.16 Å². The number of carbonyl (C=O) groups excluding carboxylic acids is 1. The van der Waals surface area contributed by atoms with Gasteiger partial charge in [0.25, 0.3) is 0 Å². The fourth-order valence-corrected chi connectivity index (χ4v) is 4.95. The van der Waals surface area contributed by atoms with Gasteiger partial charge in [-0.15, -0.1) is 12.6 Å². The third-order valence-electron chi connectivity index (χ3n) is 5.42. The van der Waals surface area contributed by atoms with Gasteiger partial charge in [-0.2, -0.15) is 0 Å². The van der Waals surface area contributed by atoms with Crippen molar-refractivity contribution in [1.29, 1.82) is 0 Å². The summed E-state index contributed by atoms with van der Waals surface area (Å²) in [6, 6.07) is -0.179. The molecule has 2 rings (SSSR count). The molecule has 1 aliphatic rings. The van der Waals surface area contributed by atoms with Gasteiger partial charge in [-0.1, -0.05) is 20.8 Å². The first-order valence-corrected chi connectivity index (χ1v) is 13.8. The van der Waals surface area contributed by atoms with Gasteiger partial charge in [0, 0.05) is 33.9 Å². The molecule has 0 saturated carbocycles. The summed E-state index contributed by atoms with van der Waals surface area (Å²) in [7, 11) is -1.96. The van der Waals surface area contributed by atoms with E-state index in [4.69, 9.17) is 9.16 Å². The number of hydrogen-bond acceptors (Lipinski definition) is 5. The van der Waals surface area contributed by atoms with E-state index in [1.54, 1.807) is 17.3 Å². The van der Waals surface area contributed by atoms with Crippen molar-refractivity contribution in [2.45, 2.75) is 88.7 Å². The molecule has 28 heavy (non-hydrogen) atoms. The summed E-state index contributed by atoms with van der Waals surface area (Å²) in [6.07, 6.45) is 3.83. The van der Waals surface area contributed by atoms with Gasteiger partial charge >= 0.3 is 6.09 Å². The summed E-state index contributed by atoms with van der Waals surface area (Å²) in [4.78, 5) is 19.8. The average Bonchev–Trinajstić information content (AvgIpc) is 2.90. The zero-order valence-corrected chi connectivity index (χ0v) is 21.6. The van der Waals surface area contributed by atoms with Crippen LogP contribution in [0.1, 0.15) is 59.6 Å². The number of amides is 1. The van der Waals surface area contributed by atoms with Crippen LogP contribution in [0.4, 0.5) is 4.79 Å². The van der Waals surface area contributed by atoms with Crippen molar-refractivity contribution in [3.8, 4) is 0 Å². The number of nitrogens with zero attached hydrogens (tertiary/aromatic N) is 2. The van der Waals surface area contributed by atoms with Gasteiger partial charge in [0.1, 0.15) is 5.60 Å². The largest absolute Gasteiger partial charge is 0.444 e. The van der Waals surface area contributed by atoms with Crippen LogP contribution in [0.3, 0.4) is 0 Å². The molecule has 8 heteroatoms. The number of aromatic nitrogens is 1. The Morgan fingerprint density at radius 3 is 2.39 bits per heavy atom. The zero-order valence-electron chi connectivity index (χ0n) is 18.2. The number of carbonyl (C=O) groups is 1. The van der Waals surface area contributed by atoms with Gasteiger partial charge in [0.15, 0.2) is 8.32 Å². The molecule has 0 aromatic carbocycles. The molecule has 0 radical (unpaired) electrons. The summed E-state index contributed by atoms with van der Waals surface area (Å²) in [6.45, 7) is 17.3. The lowest BCUT2D eigenvalue weighted by Crippen LogP contribution is -2.45. The molecule has 158 valence electrons. The Morgan fingerprint density at radius 2 is 1.86 bits per heavy atom. The van der Waals surface area contributed by atoms with Gasteiger partial charge in [-0.05, 0) is 61.3 Å². The number of halogens is 1. The van der Waals surface area contributed by atoms with Crippen LogP contribution in [0.5, 0.6) is 0 Å². The lowest BCUT2D eigenvalue weighted by Gasteiger charge is -2.38. The summed E-state index contributed by atoms with van der Waals surface area (Å²) in [5.74, 6) is 0. The van der Waals surface area contributed by atoms with E-state index in [-0.39, 0.29) is 23.3 Å². The van der Waals surface area contributed by atoms with Crippen LogP contribution in [0.25, 0.3) is 0 Å². The second-order valence-electron chi connectivity index (χ2n) is 9.94. The molecule has 1 amide bonds. The number of likely N-dealkylation sites (tertiary alicyclic amines) is 1. The molecule has 1 aromatic heterocycles. The first-order chi connectivity index (χ1) is 12.6. The average molecular weight is 490 g/mol. The molecular weight excluding hydrogens is 456 g/mol. The van der Waals surface area contributed by atoms with Crippen molar-refractivity contribution in [2.75, 3.05) is 6.54 Å². The number of thiol groups is 1. The molecule has 1 aromatic rings. The monoisotopic (exact) mass is 488 g/mol. The maximum absolute atomic E-state index is 13.0. The van der Waals surface area contributed by atoms with E-state index < -0.39 is 13.9 Å². The fraction of sp³-hybridized carbons (Fsp3) is 0.700. The van der Waals surface area contributed by atoms with Crippen LogP contribution in [0.15, 0.2) is 21.8 Å².